The molecule has 2 aliphatic rings. The topological polar surface area (TPSA) is 139 Å². The Hall–Kier alpha value is -3.95. The van der Waals surface area contributed by atoms with E-state index >= 15 is 0 Å². The number of aromatic nitrogens is 3. The number of carbonyl (C=O) groups excluding carboxylic acids is 1. The van der Waals surface area contributed by atoms with Crippen molar-refractivity contribution in [3.05, 3.63) is 47.8 Å². The number of fused-ring (bicyclic) bond motifs is 1. The van der Waals surface area contributed by atoms with Gasteiger partial charge in [-0.05, 0) is 62.3 Å². The average Bonchev–Trinajstić information content (AvgIpc) is 3.18. The van der Waals surface area contributed by atoms with Crippen LogP contribution >= 0.6 is 0 Å². The second kappa shape index (κ2) is 7.58. The first kappa shape index (κ1) is 20.9. The summed E-state index contributed by atoms with van der Waals surface area (Å²) in [7, 11) is 0. The summed E-state index contributed by atoms with van der Waals surface area (Å²) in [5, 5.41) is 38.5. The third-order valence-electron chi connectivity index (χ3n) is 6.60. The largest absolute Gasteiger partial charge is 0.390 e. The number of nitrogens with one attached hydrogen (secondary N) is 2. The van der Waals surface area contributed by atoms with Crippen LogP contribution < -0.4 is 10.6 Å². The number of carbonyl (C=O) groups is 1. The van der Waals surface area contributed by atoms with Crippen LogP contribution in [-0.4, -0.2) is 43.8 Å². The van der Waals surface area contributed by atoms with Crippen LogP contribution in [0.4, 0.5) is 5.69 Å². The van der Waals surface area contributed by atoms with Gasteiger partial charge in [0, 0.05) is 12.2 Å². The van der Waals surface area contributed by atoms with Crippen LogP contribution in [-0.2, 0) is 0 Å². The lowest BCUT2D eigenvalue weighted by atomic mass is 9.48. The number of aliphatic hydroxyl groups is 1. The van der Waals surface area contributed by atoms with Crippen molar-refractivity contribution < 1.29 is 9.90 Å². The molecule has 0 radical (unpaired) electrons. The maximum absolute atomic E-state index is 12.6. The van der Waals surface area contributed by atoms with Crippen molar-refractivity contribution in [3.8, 4) is 23.5 Å². The van der Waals surface area contributed by atoms with Gasteiger partial charge in [0.05, 0.1) is 51.6 Å². The first-order chi connectivity index (χ1) is 15.8. The first-order valence-electron chi connectivity index (χ1n) is 10.8. The molecule has 3 aromatic rings. The van der Waals surface area contributed by atoms with Gasteiger partial charge >= 0.3 is 0 Å². The summed E-state index contributed by atoms with van der Waals surface area (Å²) in [4.78, 5) is 17.1. The number of nitrogens with zero attached hydrogens (tertiary/aromatic N) is 5. The minimum atomic E-state index is -0.564. The van der Waals surface area contributed by atoms with Gasteiger partial charge < -0.3 is 15.7 Å². The number of amides is 1. The summed E-state index contributed by atoms with van der Waals surface area (Å²) in [6, 6.07) is 11.5. The molecule has 2 aliphatic carbocycles. The third-order valence-corrected chi connectivity index (χ3v) is 6.60. The molecule has 0 atom stereocenters. The average molecular weight is 441 g/mol. The Morgan fingerprint density at radius 2 is 2.06 bits per heavy atom. The molecule has 3 heterocycles. The van der Waals surface area contributed by atoms with Crippen LogP contribution in [0, 0.1) is 28.1 Å². The maximum Gasteiger partial charge on any atom is 0.255 e. The fraction of sp³-hybridized carbons (Fsp3) is 0.375. The van der Waals surface area contributed by atoms with Gasteiger partial charge in [-0.25, -0.2) is 4.52 Å². The summed E-state index contributed by atoms with van der Waals surface area (Å²) in [6.45, 7) is 1.79. The van der Waals surface area contributed by atoms with Gasteiger partial charge in [0.15, 0.2) is 0 Å². The van der Waals surface area contributed by atoms with Crippen molar-refractivity contribution in [3.63, 3.8) is 0 Å². The molecular formula is C24H23N7O2. The summed E-state index contributed by atoms with van der Waals surface area (Å²) < 4.78 is 1.71. The van der Waals surface area contributed by atoms with Crippen LogP contribution in [0.25, 0.3) is 16.9 Å². The Morgan fingerprint density at radius 1 is 1.27 bits per heavy atom. The molecule has 9 nitrogen and oxygen atoms in total. The standard InChI is InChI=1S/C24H23N7O2/c1-23(33)13-24(14-23)8-16(9-24)30-19-7-20(28-12-18(19)22(32)27-5-4-25)21-3-2-17-6-15(10-26)11-29-31(17)21/h2-3,6-7,11-12,16,33H,5,8-9,13-14H2,1H3,(H,27,32)(H,28,30). The molecule has 1 amide bonds. The fourth-order valence-corrected chi connectivity index (χ4v) is 5.53. The summed E-state index contributed by atoms with van der Waals surface area (Å²) in [5.41, 5.74) is 3.26. The molecule has 33 heavy (non-hydrogen) atoms. The molecule has 9 heteroatoms. The molecule has 5 rings (SSSR count). The van der Waals surface area contributed by atoms with E-state index in [2.05, 4.69) is 26.8 Å². The fourth-order valence-electron chi connectivity index (χ4n) is 5.53. The number of nitriles is 2. The Labute approximate surface area is 190 Å². The van der Waals surface area contributed by atoms with Crippen LogP contribution in [0.5, 0.6) is 0 Å². The molecule has 166 valence electrons. The van der Waals surface area contributed by atoms with E-state index in [1.165, 1.54) is 12.4 Å². The van der Waals surface area contributed by atoms with Gasteiger partial charge in [0.1, 0.15) is 12.6 Å². The van der Waals surface area contributed by atoms with E-state index in [-0.39, 0.29) is 23.9 Å². The van der Waals surface area contributed by atoms with Gasteiger partial charge in [-0.1, -0.05) is 0 Å². The summed E-state index contributed by atoms with van der Waals surface area (Å²) >= 11 is 0. The van der Waals surface area contributed by atoms with Crippen molar-refractivity contribution >= 4 is 17.1 Å². The second-order valence-electron chi connectivity index (χ2n) is 9.47. The van der Waals surface area contributed by atoms with E-state index in [4.69, 9.17) is 10.5 Å². The first-order valence-corrected chi connectivity index (χ1v) is 10.8. The van der Waals surface area contributed by atoms with Crippen molar-refractivity contribution in [2.24, 2.45) is 5.41 Å². The predicted octanol–water partition coefficient (Wildman–Crippen LogP) is 2.63. The molecule has 3 N–H and O–H groups in total. The lowest BCUT2D eigenvalue weighted by Crippen LogP contribution is -2.59. The Kier molecular flexibility index (Phi) is 4.80. The minimum absolute atomic E-state index is 0.0872. The quantitative estimate of drug-likeness (QED) is 0.517. The van der Waals surface area contributed by atoms with Crippen LogP contribution in [0.15, 0.2) is 36.7 Å². The number of anilines is 1. The molecule has 1 spiro atoms. The molecule has 0 bridgehead atoms. The van der Waals surface area contributed by atoms with E-state index in [0.29, 0.717) is 22.5 Å². The Bertz CT molecular complexity index is 1330. The van der Waals surface area contributed by atoms with Gasteiger partial charge in [-0.2, -0.15) is 15.6 Å². The predicted molar refractivity (Wildman–Crippen MR) is 120 cm³/mol. The van der Waals surface area contributed by atoms with E-state index in [1.807, 2.05) is 31.2 Å². The summed E-state index contributed by atoms with van der Waals surface area (Å²) in [6.07, 6.45) is 6.50. The van der Waals surface area contributed by atoms with Crippen LogP contribution in [0.1, 0.15) is 48.5 Å². The number of hydrogen-bond acceptors (Lipinski definition) is 7. The van der Waals surface area contributed by atoms with Gasteiger partial charge in [0.25, 0.3) is 5.91 Å². The molecule has 0 unspecified atom stereocenters. The van der Waals surface area contributed by atoms with E-state index in [0.717, 1.165) is 36.9 Å². The van der Waals surface area contributed by atoms with Crippen LogP contribution in [0.3, 0.4) is 0 Å². The Balaban J connectivity index is 1.44. The SMILES string of the molecule is CC1(O)CC2(CC(Nc3cc(-c4ccc5cc(C#N)cnn45)ncc3C(=O)NCC#N)C2)C1. The summed E-state index contributed by atoms with van der Waals surface area (Å²) in [5.74, 6) is -0.365. The lowest BCUT2D eigenvalue weighted by Gasteiger charge is -2.60. The van der Waals surface area contributed by atoms with Gasteiger partial charge in [-0.15, -0.1) is 0 Å². The highest BCUT2D eigenvalue weighted by Crippen LogP contribution is 2.60. The molecule has 0 aromatic carbocycles. The number of rotatable bonds is 5. The third kappa shape index (κ3) is 3.77. The van der Waals surface area contributed by atoms with E-state index in [1.54, 1.807) is 10.6 Å². The molecule has 0 aliphatic heterocycles. The monoisotopic (exact) mass is 441 g/mol. The number of pyridine rings is 1. The second-order valence-corrected chi connectivity index (χ2v) is 9.47. The highest BCUT2D eigenvalue weighted by atomic mass is 16.3. The smallest absolute Gasteiger partial charge is 0.255 e. The van der Waals surface area contributed by atoms with E-state index in [9.17, 15) is 9.90 Å². The zero-order valence-corrected chi connectivity index (χ0v) is 18.2. The van der Waals surface area contributed by atoms with Crippen molar-refractivity contribution in [2.45, 2.75) is 44.2 Å². The molecule has 2 saturated carbocycles. The van der Waals surface area contributed by atoms with E-state index < -0.39 is 5.60 Å². The highest BCUT2D eigenvalue weighted by molar-refractivity contribution is 6.00. The normalized spacial score (nSPS) is 25.5. The lowest BCUT2D eigenvalue weighted by molar-refractivity contribution is -0.154. The van der Waals surface area contributed by atoms with Crippen molar-refractivity contribution in [2.75, 3.05) is 11.9 Å². The molecule has 2 fully saturated rings. The van der Waals surface area contributed by atoms with Crippen molar-refractivity contribution in [1.82, 2.24) is 19.9 Å². The Morgan fingerprint density at radius 3 is 2.76 bits per heavy atom. The number of hydrogen-bond donors (Lipinski definition) is 3. The zero-order valence-electron chi connectivity index (χ0n) is 18.2. The molecular weight excluding hydrogens is 418 g/mol. The van der Waals surface area contributed by atoms with Crippen molar-refractivity contribution in [1.29, 1.82) is 10.5 Å². The van der Waals surface area contributed by atoms with Crippen LogP contribution in [0.2, 0.25) is 0 Å². The molecule has 3 aromatic heterocycles. The zero-order chi connectivity index (χ0) is 23.2. The van der Waals surface area contributed by atoms with Gasteiger partial charge in [0.2, 0.25) is 0 Å². The maximum atomic E-state index is 12.6. The minimum Gasteiger partial charge on any atom is -0.390 e. The van der Waals surface area contributed by atoms with Gasteiger partial charge in [-0.3, -0.25) is 9.78 Å². The highest BCUT2D eigenvalue weighted by Gasteiger charge is 2.57. The molecule has 0 saturated heterocycles.